The van der Waals surface area contributed by atoms with Crippen molar-refractivity contribution in [1.82, 2.24) is 10.3 Å². The van der Waals surface area contributed by atoms with Gasteiger partial charge in [-0.15, -0.1) is 0 Å². The summed E-state index contributed by atoms with van der Waals surface area (Å²) < 4.78 is 0. The molecular weight excluding hydrogens is 184 g/mol. The highest BCUT2D eigenvalue weighted by molar-refractivity contribution is 5.84. The summed E-state index contributed by atoms with van der Waals surface area (Å²) >= 11 is 0. The Morgan fingerprint density at radius 2 is 2.00 bits per heavy atom. The van der Waals surface area contributed by atoms with Gasteiger partial charge in [-0.3, -0.25) is 0 Å². The zero-order valence-corrected chi connectivity index (χ0v) is 9.43. The first-order valence-electron chi connectivity index (χ1n) is 5.74. The molecule has 2 heteroatoms. The second-order valence-electron chi connectivity index (χ2n) is 3.55. The minimum atomic E-state index is 0. The molecule has 1 aromatic carbocycles. The van der Waals surface area contributed by atoms with Crippen LogP contribution < -0.4 is 5.32 Å². The van der Waals surface area contributed by atoms with Crippen LogP contribution in [0.5, 0.6) is 0 Å². The van der Waals surface area contributed by atoms with E-state index in [9.17, 15) is 0 Å². The minimum absolute atomic E-state index is 0. The smallest absolute Gasteiger partial charge is 0.0459 e. The topological polar surface area (TPSA) is 27.8 Å². The zero-order valence-electron chi connectivity index (χ0n) is 9.43. The Morgan fingerprint density at radius 1 is 1.20 bits per heavy atom. The van der Waals surface area contributed by atoms with Crippen molar-refractivity contribution in [2.75, 3.05) is 6.54 Å². The van der Waals surface area contributed by atoms with E-state index >= 15 is 0 Å². The van der Waals surface area contributed by atoms with Gasteiger partial charge in [-0.1, -0.05) is 32.0 Å². The molecular formula is C13H20N2. The summed E-state index contributed by atoms with van der Waals surface area (Å²) in [6.07, 6.45) is 1.15. The van der Waals surface area contributed by atoms with Crippen LogP contribution in [-0.2, 0) is 13.0 Å². The highest BCUT2D eigenvalue weighted by Gasteiger charge is 2.13. The van der Waals surface area contributed by atoms with E-state index in [1.807, 2.05) is 13.8 Å². The van der Waals surface area contributed by atoms with Crippen molar-refractivity contribution < 1.29 is 1.43 Å². The Morgan fingerprint density at radius 3 is 2.87 bits per heavy atom. The van der Waals surface area contributed by atoms with Gasteiger partial charge in [0.25, 0.3) is 0 Å². The maximum atomic E-state index is 3.45. The van der Waals surface area contributed by atoms with Gasteiger partial charge in [0, 0.05) is 24.6 Å². The van der Waals surface area contributed by atoms with Crippen molar-refractivity contribution in [2.24, 2.45) is 0 Å². The van der Waals surface area contributed by atoms with Crippen LogP contribution >= 0.6 is 0 Å². The SMILES string of the molecule is CC.[HH].c1ccc2c3c([nH]c2c1)CNCC3. The van der Waals surface area contributed by atoms with Gasteiger partial charge < -0.3 is 10.3 Å². The number of benzene rings is 1. The number of H-pyrrole nitrogens is 1. The van der Waals surface area contributed by atoms with Crippen LogP contribution in [0.2, 0.25) is 0 Å². The van der Waals surface area contributed by atoms with Crippen LogP contribution in [0.15, 0.2) is 24.3 Å². The number of hydrogen-bond donors (Lipinski definition) is 2. The van der Waals surface area contributed by atoms with Crippen molar-refractivity contribution in [1.29, 1.82) is 0 Å². The van der Waals surface area contributed by atoms with Gasteiger partial charge in [-0.05, 0) is 24.6 Å². The van der Waals surface area contributed by atoms with Crippen molar-refractivity contribution in [2.45, 2.75) is 26.8 Å². The molecule has 1 aromatic heterocycles. The summed E-state index contributed by atoms with van der Waals surface area (Å²) in [5.41, 5.74) is 4.15. The Balaban J connectivity index is 0.000000406. The van der Waals surface area contributed by atoms with Crippen molar-refractivity contribution in [3.63, 3.8) is 0 Å². The molecule has 0 spiro atoms. The highest BCUT2D eigenvalue weighted by Crippen LogP contribution is 2.24. The lowest BCUT2D eigenvalue weighted by Gasteiger charge is -2.12. The van der Waals surface area contributed by atoms with Gasteiger partial charge in [0.15, 0.2) is 0 Å². The van der Waals surface area contributed by atoms with Crippen LogP contribution in [0.1, 0.15) is 26.5 Å². The van der Waals surface area contributed by atoms with Crippen molar-refractivity contribution in [3.05, 3.63) is 35.5 Å². The molecule has 82 valence electrons. The fraction of sp³-hybridized carbons (Fsp3) is 0.385. The molecule has 2 aromatic rings. The van der Waals surface area contributed by atoms with Crippen LogP contribution in [0.4, 0.5) is 0 Å². The van der Waals surface area contributed by atoms with Gasteiger partial charge in [-0.2, -0.15) is 0 Å². The number of hydrogen-bond acceptors (Lipinski definition) is 1. The molecule has 2 N–H and O–H groups in total. The molecule has 3 rings (SSSR count). The Bertz CT molecular complexity index is 448. The molecule has 0 saturated carbocycles. The third kappa shape index (κ3) is 1.77. The lowest BCUT2D eigenvalue weighted by atomic mass is 10.1. The first-order valence-corrected chi connectivity index (χ1v) is 5.74. The first kappa shape index (κ1) is 10.2. The van der Waals surface area contributed by atoms with Crippen LogP contribution in [-0.4, -0.2) is 11.5 Å². The summed E-state index contributed by atoms with van der Waals surface area (Å²) in [6.45, 7) is 6.10. The molecule has 0 saturated heterocycles. The molecule has 1 aliphatic rings. The second-order valence-corrected chi connectivity index (χ2v) is 3.55. The zero-order chi connectivity index (χ0) is 10.7. The van der Waals surface area contributed by atoms with Gasteiger partial charge in [0.1, 0.15) is 0 Å². The molecule has 0 amide bonds. The third-order valence-electron chi connectivity index (χ3n) is 2.76. The van der Waals surface area contributed by atoms with Gasteiger partial charge in [-0.25, -0.2) is 0 Å². The fourth-order valence-electron chi connectivity index (χ4n) is 2.12. The molecule has 15 heavy (non-hydrogen) atoms. The van der Waals surface area contributed by atoms with Gasteiger partial charge in [0.2, 0.25) is 0 Å². The average molecular weight is 204 g/mol. The first-order chi connectivity index (χ1) is 7.45. The van der Waals surface area contributed by atoms with Gasteiger partial charge in [0.05, 0.1) is 0 Å². The van der Waals surface area contributed by atoms with E-state index in [1.54, 1.807) is 0 Å². The Kier molecular flexibility index (Phi) is 3.07. The van der Waals surface area contributed by atoms with E-state index in [-0.39, 0.29) is 1.43 Å². The van der Waals surface area contributed by atoms with Crippen molar-refractivity contribution >= 4 is 10.9 Å². The lowest BCUT2D eigenvalue weighted by molar-refractivity contribution is 0.637. The summed E-state index contributed by atoms with van der Waals surface area (Å²) in [7, 11) is 0. The summed E-state index contributed by atoms with van der Waals surface area (Å²) in [4.78, 5) is 3.45. The third-order valence-corrected chi connectivity index (χ3v) is 2.76. The monoisotopic (exact) mass is 204 g/mol. The van der Waals surface area contributed by atoms with E-state index in [1.165, 1.54) is 22.2 Å². The Hall–Kier alpha value is -1.28. The minimum Gasteiger partial charge on any atom is -0.357 e. The molecule has 2 nitrogen and oxygen atoms in total. The van der Waals surface area contributed by atoms with Crippen molar-refractivity contribution in [3.8, 4) is 0 Å². The van der Waals surface area contributed by atoms with E-state index in [2.05, 4.69) is 34.6 Å². The van der Waals surface area contributed by atoms with Crippen LogP contribution in [0, 0.1) is 0 Å². The standard InChI is InChI=1S/C11H12N2.C2H6.H2/c1-2-4-10-8(3-1)9-5-6-12-7-11(9)13-10;1-2;/h1-4,12-13H,5-7H2;1-2H3;1H. The molecule has 0 unspecified atom stereocenters. The highest BCUT2D eigenvalue weighted by atomic mass is 14.9. The number of nitrogens with one attached hydrogen (secondary N) is 2. The Labute approximate surface area is 92.2 Å². The average Bonchev–Trinajstić information content (AvgIpc) is 2.70. The summed E-state index contributed by atoms with van der Waals surface area (Å²) in [5, 5.41) is 4.77. The van der Waals surface area contributed by atoms with Crippen LogP contribution in [0.25, 0.3) is 10.9 Å². The molecule has 0 aliphatic carbocycles. The van der Waals surface area contributed by atoms with E-state index in [0.29, 0.717) is 0 Å². The predicted molar refractivity (Wildman–Crippen MR) is 67.2 cm³/mol. The molecule has 0 atom stereocenters. The fourth-order valence-corrected chi connectivity index (χ4v) is 2.12. The number of para-hydroxylation sites is 1. The second kappa shape index (κ2) is 4.49. The number of fused-ring (bicyclic) bond motifs is 3. The van der Waals surface area contributed by atoms with Gasteiger partial charge >= 0.3 is 0 Å². The molecule has 1 aliphatic heterocycles. The molecule has 0 bridgehead atoms. The molecule has 2 heterocycles. The number of aromatic amines is 1. The van der Waals surface area contributed by atoms with E-state index < -0.39 is 0 Å². The van der Waals surface area contributed by atoms with E-state index in [4.69, 9.17) is 0 Å². The number of rotatable bonds is 0. The summed E-state index contributed by atoms with van der Waals surface area (Å²) in [6, 6.07) is 8.54. The summed E-state index contributed by atoms with van der Waals surface area (Å²) in [5.74, 6) is 0. The largest absolute Gasteiger partial charge is 0.357 e. The normalized spacial score (nSPS) is 14.3. The number of aromatic nitrogens is 1. The predicted octanol–water partition coefficient (Wildman–Crippen LogP) is 3.09. The molecule has 0 radical (unpaired) electrons. The van der Waals surface area contributed by atoms with Crippen LogP contribution in [0.3, 0.4) is 0 Å². The lowest BCUT2D eigenvalue weighted by Crippen LogP contribution is -2.22. The van der Waals surface area contributed by atoms with E-state index in [0.717, 1.165) is 19.5 Å². The maximum Gasteiger partial charge on any atom is 0.0459 e. The maximum absolute atomic E-state index is 3.45. The molecule has 0 fully saturated rings. The quantitative estimate of drug-likeness (QED) is 0.678.